The first-order chi connectivity index (χ1) is 13.2. The molecule has 0 atom stereocenters. The van der Waals surface area contributed by atoms with Crippen LogP contribution in [0.1, 0.15) is 44.1 Å². The number of likely N-dealkylation sites (tertiary alicyclic amines) is 2. The maximum Gasteiger partial charge on any atom is 0.246 e. The van der Waals surface area contributed by atoms with Crippen molar-refractivity contribution < 1.29 is 14.3 Å². The van der Waals surface area contributed by atoms with E-state index in [1.165, 1.54) is 12.8 Å². The van der Waals surface area contributed by atoms with Gasteiger partial charge in [0, 0.05) is 43.7 Å². The molecule has 2 amide bonds. The predicted molar refractivity (Wildman–Crippen MR) is 106 cm³/mol. The van der Waals surface area contributed by atoms with Gasteiger partial charge in [-0.2, -0.15) is 0 Å². The van der Waals surface area contributed by atoms with Gasteiger partial charge in [-0.15, -0.1) is 0 Å². The molecule has 0 saturated carbocycles. The highest BCUT2D eigenvalue weighted by molar-refractivity contribution is 5.92. The molecule has 0 radical (unpaired) electrons. The summed E-state index contributed by atoms with van der Waals surface area (Å²) in [6, 6.07) is 7.63. The van der Waals surface area contributed by atoms with E-state index < -0.39 is 0 Å². The van der Waals surface area contributed by atoms with Gasteiger partial charge in [-0.25, -0.2) is 0 Å². The molecular formula is C22H30N2O3. The molecule has 0 spiro atoms. The normalized spacial score (nSPS) is 19.1. The van der Waals surface area contributed by atoms with Crippen molar-refractivity contribution in [2.24, 2.45) is 5.92 Å². The highest BCUT2D eigenvalue weighted by Gasteiger charge is 2.29. The summed E-state index contributed by atoms with van der Waals surface area (Å²) < 4.78 is 5.31. The van der Waals surface area contributed by atoms with E-state index in [0.717, 1.165) is 50.1 Å². The third-order valence-corrected chi connectivity index (χ3v) is 5.62. The number of hydrogen-bond donors (Lipinski definition) is 0. The number of carbonyl (C=O) groups is 2. The zero-order valence-corrected chi connectivity index (χ0v) is 16.2. The Morgan fingerprint density at radius 3 is 2.30 bits per heavy atom. The minimum Gasteiger partial charge on any atom is -0.496 e. The first-order valence-corrected chi connectivity index (χ1v) is 10.1. The molecule has 1 aromatic rings. The van der Waals surface area contributed by atoms with E-state index in [-0.39, 0.29) is 11.8 Å². The Hall–Kier alpha value is -2.30. The van der Waals surface area contributed by atoms with Crippen LogP contribution in [0.2, 0.25) is 0 Å². The number of nitrogens with zero attached hydrogens (tertiary/aromatic N) is 2. The molecule has 0 N–H and O–H groups in total. The molecule has 0 aliphatic carbocycles. The van der Waals surface area contributed by atoms with Gasteiger partial charge in [0.05, 0.1) is 7.11 Å². The van der Waals surface area contributed by atoms with Crippen molar-refractivity contribution >= 4 is 17.9 Å². The Kier molecular flexibility index (Phi) is 6.91. The van der Waals surface area contributed by atoms with Crippen LogP contribution in [0, 0.1) is 5.92 Å². The van der Waals surface area contributed by atoms with Gasteiger partial charge in [-0.05, 0) is 37.8 Å². The van der Waals surface area contributed by atoms with Crippen LogP contribution in [-0.4, -0.2) is 54.9 Å². The van der Waals surface area contributed by atoms with Crippen molar-refractivity contribution in [3.05, 3.63) is 35.9 Å². The zero-order valence-electron chi connectivity index (χ0n) is 16.2. The Balaban J connectivity index is 1.51. The van der Waals surface area contributed by atoms with Crippen LogP contribution in [0.3, 0.4) is 0 Å². The average molecular weight is 370 g/mol. The molecule has 0 unspecified atom stereocenters. The average Bonchev–Trinajstić information content (AvgIpc) is 3.01. The summed E-state index contributed by atoms with van der Waals surface area (Å²) in [6.07, 6.45) is 9.65. The van der Waals surface area contributed by atoms with Gasteiger partial charge in [0.2, 0.25) is 11.8 Å². The molecular weight excluding hydrogens is 340 g/mol. The molecule has 27 heavy (non-hydrogen) atoms. The fraction of sp³-hybridized carbons (Fsp3) is 0.545. The van der Waals surface area contributed by atoms with E-state index in [9.17, 15) is 9.59 Å². The number of methoxy groups -OCH3 is 1. The summed E-state index contributed by atoms with van der Waals surface area (Å²) in [5, 5.41) is 0. The van der Waals surface area contributed by atoms with E-state index in [1.54, 1.807) is 19.3 Å². The molecule has 3 rings (SSSR count). The number of carbonyl (C=O) groups excluding carboxylic acids is 2. The fourth-order valence-corrected chi connectivity index (χ4v) is 3.97. The number of amides is 2. The maximum absolute atomic E-state index is 12.8. The molecule has 2 fully saturated rings. The van der Waals surface area contributed by atoms with Crippen LogP contribution in [0.5, 0.6) is 5.75 Å². The number of piperidine rings is 1. The number of para-hydroxylation sites is 1. The predicted octanol–water partition coefficient (Wildman–Crippen LogP) is 3.35. The number of hydrogen-bond acceptors (Lipinski definition) is 3. The number of ether oxygens (including phenoxy) is 1. The van der Waals surface area contributed by atoms with Crippen molar-refractivity contribution in [2.45, 2.75) is 38.5 Å². The molecule has 1 aromatic carbocycles. The summed E-state index contributed by atoms with van der Waals surface area (Å²) in [6.45, 7) is 3.11. The molecule has 2 saturated heterocycles. The third-order valence-electron chi connectivity index (χ3n) is 5.62. The van der Waals surface area contributed by atoms with Crippen molar-refractivity contribution in [1.29, 1.82) is 0 Å². The van der Waals surface area contributed by atoms with Gasteiger partial charge >= 0.3 is 0 Å². The topological polar surface area (TPSA) is 49.9 Å². The van der Waals surface area contributed by atoms with Crippen molar-refractivity contribution in [2.75, 3.05) is 33.3 Å². The van der Waals surface area contributed by atoms with E-state index in [0.29, 0.717) is 19.0 Å². The third kappa shape index (κ3) is 5.12. The smallest absolute Gasteiger partial charge is 0.246 e. The quantitative estimate of drug-likeness (QED) is 0.764. The van der Waals surface area contributed by atoms with Gasteiger partial charge in [-0.3, -0.25) is 9.59 Å². The summed E-state index contributed by atoms with van der Waals surface area (Å²) >= 11 is 0. The lowest BCUT2D eigenvalue weighted by Crippen LogP contribution is -2.44. The number of rotatable bonds is 4. The van der Waals surface area contributed by atoms with Gasteiger partial charge < -0.3 is 14.5 Å². The summed E-state index contributed by atoms with van der Waals surface area (Å²) in [5.41, 5.74) is 0.888. The lowest BCUT2D eigenvalue weighted by atomic mass is 9.95. The minimum absolute atomic E-state index is 0.00146. The SMILES string of the molecule is COc1ccccc1/C=C/C(=O)N1CCC(C(=O)N2CCCCCC2)CC1. The second-order valence-corrected chi connectivity index (χ2v) is 7.41. The second-order valence-electron chi connectivity index (χ2n) is 7.41. The highest BCUT2D eigenvalue weighted by atomic mass is 16.5. The van der Waals surface area contributed by atoms with Gasteiger partial charge in [0.25, 0.3) is 0 Å². The van der Waals surface area contributed by atoms with Gasteiger partial charge in [0.1, 0.15) is 5.75 Å². The van der Waals surface area contributed by atoms with Crippen LogP contribution in [0.4, 0.5) is 0 Å². The van der Waals surface area contributed by atoms with Crippen molar-refractivity contribution in [3.8, 4) is 5.75 Å². The van der Waals surface area contributed by atoms with E-state index in [4.69, 9.17) is 4.74 Å². The van der Waals surface area contributed by atoms with Crippen molar-refractivity contribution in [3.63, 3.8) is 0 Å². The van der Waals surface area contributed by atoms with E-state index >= 15 is 0 Å². The first-order valence-electron chi connectivity index (χ1n) is 10.1. The molecule has 0 bridgehead atoms. The van der Waals surface area contributed by atoms with Crippen LogP contribution < -0.4 is 4.74 Å². The van der Waals surface area contributed by atoms with Crippen LogP contribution in [0.15, 0.2) is 30.3 Å². The minimum atomic E-state index is 0.00146. The van der Waals surface area contributed by atoms with Crippen LogP contribution in [-0.2, 0) is 9.59 Å². The Bertz CT molecular complexity index is 670. The molecule has 2 heterocycles. The van der Waals surface area contributed by atoms with Crippen LogP contribution in [0.25, 0.3) is 6.08 Å². The Morgan fingerprint density at radius 2 is 1.63 bits per heavy atom. The fourth-order valence-electron chi connectivity index (χ4n) is 3.97. The molecule has 5 heteroatoms. The standard InChI is InChI=1S/C22H30N2O3/c1-27-20-9-5-4-8-18(20)10-11-21(25)23-16-12-19(13-17-23)22(26)24-14-6-2-3-7-15-24/h4-5,8-11,19H,2-3,6-7,12-17H2,1H3/b11-10+. The summed E-state index contributed by atoms with van der Waals surface area (Å²) in [5.74, 6) is 1.13. The van der Waals surface area contributed by atoms with Gasteiger partial charge in [-0.1, -0.05) is 31.0 Å². The van der Waals surface area contributed by atoms with Crippen LogP contribution >= 0.6 is 0 Å². The monoisotopic (exact) mass is 370 g/mol. The van der Waals surface area contributed by atoms with E-state index in [1.807, 2.05) is 29.2 Å². The largest absolute Gasteiger partial charge is 0.496 e. The molecule has 2 aliphatic rings. The molecule has 0 aromatic heterocycles. The Morgan fingerprint density at radius 1 is 0.963 bits per heavy atom. The molecule has 5 nitrogen and oxygen atoms in total. The van der Waals surface area contributed by atoms with Crippen molar-refractivity contribution in [1.82, 2.24) is 9.80 Å². The molecule has 146 valence electrons. The maximum atomic E-state index is 12.8. The second kappa shape index (κ2) is 9.58. The Labute approximate surface area is 162 Å². The molecule has 2 aliphatic heterocycles. The van der Waals surface area contributed by atoms with Gasteiger partial charge in [0.15, 0.2) is 0 Å². The number of benzene rings is 1. The lowest BCUT2D eigenvalue weighted by molar-refractivity contribution is -0.139. The lowest BCUT2D eigenvalue weighted by Gasteiger charge is -2.33. The first kappa shape index (κ1) is 19.5. The highest BCUT2D eigenvalue weighted by Crippen LogP contribution is 2.23. The van der Waals surface area contributed by atoms with E-state index in [2.05, 4.69) is 4.90 Å². The zero-order chi connectivity index (χ0) is 19.1. The summed E-state index contributed by atoms with van der Waals surface area (Å²) in [7, 11) is 1.63. The summed E-state index contributed by atoms with van der Waals surface area (Å²) in [4.78, 5) is 29.2.